The first-order valence-electron chi connectivity index (χ1n) is 10.5. The van der Waals surface area contributed by atoms with Gasteiger partial charge in [0.1, 0.15) is 0 Å². The molecule has 1 atom stereocenters. The highest BCUT2D eigenvalue weighted by Gasteiger charge is 2.30. The van der Waals surface area contributed by atoms with Crippen molar-refractivity contribution in [2.45, 2.75) is 45.7 Å². The molecule has 0 radical (unpaired) electrons. The summed E-state index contributed by atoms with van der Waals surface area (Å²) in [4.78, 5) is 17.3. The van der Waals surface area contributed by atoms with Crippen molar-refractivity contribution in [2.75, 3.05) is 26.2 Å². The highest BCUT2D eigenvalue weighted by atomic mass is 35.5. The van der Waals surface area contributed by atoms with Crippen LogP contribution in [0.5, 0.6) is 0 Å². The number of hydrogen-bond donors (Lipinski definition) is 0. The number of carbonyl (C=O) groups is 1. The highest BCUT2D eigenvalue weighted by Crippen LogP contribution is 2.22. The number of hydrogen-bond acceptors (Lipinski definition) is 3. The summed E-state index contributed by atoms with van der Waals surface area (Å²) in [5.41, 5.74) is 4.02. The molecule has 0 bridgehead atoms. The van der Waals surface area contributed by atoms with Crippen molar-refractivity contribution >= 4 is 23.6 Å². The topological polar surface area (TPSA) is 41.4 Å². The van der Waals surface area contributed by atoms with Gasteiger partial charge in [-0.2, -0.15) is 5.10 Å². The first-order chi connectivity index (χ1) is 14.0. The Morgan fingerprint density at radius 3 is 2.72 bits per heavy atom. The van der Waals surface area contributed by atoms with E-state index in [1.165, 1.54) is 25.9 Å². The number of carbonyl (C=O) groups excluding carboxylic acids is 1. The predicted molar refractivity (Wildman–Crippen MR) is 117 cm³/mol. The number of amides is 1. The van der Waals surface area contributed by atoms with Crippen molar-refractivity contribution < 1.29 is 4.79 Å². The molecular formula is C23H29ClN4O. The summed E-state index contributed by atoms with van der Waals surface area (Å²) in [7, 11) is 0. The van der Waals surface area contributed by atoms with Gasteiger partial charge in [0.15, 0.2) is 0 Å². The third-order valence-corrected chi connectivity index (χ3v) is 6.61. The second-order valence-electron chi connectivity index (χ2n) is 8.14. The lowest BCUT2D eigenvalue weighted by Gasteiger charge is -2.23. The molecule has 2 fully saturated rings. The van der Waals surface area contributed by atoms with Gasteiger partial charge >= 0.3 is 0 Å². The molecule has 5 nitrogen and oxygen atoms in total. The van der Waals surface area contributed by atoms with Gasteiger partial charge in [0, 0.05) is 41.5 Å². The number of nitrogens with zero attached hydrogens (tertiary/aromatic N) is 4. The van der Waals surface area contributed by atoms with Gasteiger partial charge < -0.3 is 4.90 Å². The van der Waals surface area contributed by atoms with Gasteiger partial charge in [0.2, 0.25) is 5.91 Å². The van der Waals surface area contributed by atoms with Crippen molar-refractivity contribution in [3.05, 3.63) is 57.9 Å². The normalized spacial score (nSPS) is 20.2. The number of aromatic nitrogens is 2. The second kappa shape index (κ2) is 8.72. The monoisotopic (exact) mass is 412 g/mol. The smallest absolute Gasteiger partial charge is 0.246 e. The van der Waals surface area contributed by atoms with Crippen LogP contribution in [-0.2, 0) is 11.3 Å². The van der Waals surface area contributed by atoms with Crippen LogP contribution in [0.25, 0.3) is 6.08 Å². The SMILES string of the molecule is Cc1nn(Cc2ccccc2Cl)c(C)c1/C=C/C(=O)N1CCC(N2CCCC2)C1. The summed E-state index contributed by atoms with van der Waals surface area (Å²) in [5, 5.41) is 5.41. The van der Waals surface area contributed by atoms with Crippen LogP contribution in [0.3, 0.4) is 0 Å². The Morgan fingerprint density at radius 1 is 1.21 bits per heavy atom. The molecule has 1 aromatic carbocycles. The Kier molecular flexibility index (Phi) is 6.07. The van der Waals surface area contributed by atoms with E-state index in [-0.39, 0.29) is 5.91 Å². The van der Waals surface area contributed by atoms with Crippen LogP contribution in [0.15, 0.2) is 30.3 Å². The average Bonchev–Trinajstić information content (AvgIpc) is 3.44. The molecule has 29 heavy (non-hydrogen) atoms. The molecule has 0 saturated carbocycles. The lowest BCUT2D eigenvalue weighted by Crippen LogP contribution is -2.36. The Hall–Kier alpha value is -2.11. The minimum absolute atomic E-state index is 0.101. The molecule has 0 aliphatic carbocycles. The van der Waals surface area contributed by atoms with E-state index in [4.69, 9.17) is 11.6 Å². The van der Waals surface area contributed by atoms with Gasteiger partial charge in [0.05, 0.1) is 12.2 Å². The predicted octanol–water partition coefficient (Wildman–Crippen LogP) is 3.91. The molecular weight excluding hydrogens is 384 g/mol. The van der Waals surface area contributed by atoms with E-state index in [2.05, 4.69) is 10.00 Å². The number of aryl methyl sites for hydroxylation is 1. The van der Waals surface area contributed by atoms with Crippen LogP contribution in [0.1, 0.15) is 41.8 Å². The molecule has 0 N–H and O–H groups in total. The lowest BCUT2D eigenvalue weighted by atomic mass is 10.1. The summed E-state index contributed by atoms with van der Waals surface area (Å²) in [5.74, 6) is 0.101. The largest absolute Gasteiger partial charge is 0.338 e. The zero-order valence-corrected chi connectivity index (χ0v) is 18.0. The maximum Gasteiger partial charge on any atom is 0.246 e. The molecule has 2 aromatic rings. The number of halogens is 1. The summed E-state index contributed by atoms with van der Waals surface area (Å²) < 4.78 is 1.96. The summed E-state index contributed by atoms with van der Waals surface area (Å²) >= 11 is 6.30. The van der Waals surface area contributed by atoms with E-state index in [1.807, 2.05) is 53.8 Å². The minimum Gasteiger partial charge on any atom is -0.338 e. The van der Waals surface area contributed by atoms with Crippen LogP contribution < -0.4 is 0 Å². The zero-order valence-electron chi connectivity index (χ0n) is 17.3. The molecule has 6 heteroatoms. The van der Waals surface area contributed by atoms with Crippen LogP contribution in [0.2, 0.25) is 5.02 Å². The second-order valence-corrected chi connectivity index (χ2v) is 8.54. The Morgan fingerprint density at radius 2 is 1.97 bits per heavy atom. The minimum atomic E-state index is 0.101. The molecule has 154 valence electrons. The molecule has 1 aromatic heterocycles. The number of rotatable bonds is 5. The third kappa shape index (κ3) is 4.41. The molecule has 1 unspecified atom stereocenters. The molecule has 2 aliphatic heterocycles. The number of likely N-dealkylation sites (tertiary alicyclic amines) is 2. The van der Waals surface area contributed by atoms with E-state index in [0.29, 0.717) is 12.6 Å². The van der Waals surface area contributed by atoms with Crippen molar-refractivity contribution in [3.63, 3.8) is 0 Å². The molecule has 2 saturated heterocycles. The van der Waals surface area contributed by atoms with Crippen molar-refractivity contribution in [1.29, 1.82) is 0 Å². The van der Waals surface area contributed by atoms with E-state index in [9.17, 15) is 4.79 Å². The first kappa shape index (κ1) is 20.2. The summed E-state index contributed by atoms with van der Waals surface area (Å²) in [6, 6.07) is 8.36. The highest BCUT2D eigenvalue weighted by molar-refractivity contribution is 6.31. The average molecular weight is 413 g/mol. The third-order valence-electron chi connectivity index (χ3n) is 6.24. The van der Waals surface area contributed by atoms with Gasteiger partial charge in [-0.15, -0.1) is 0 Å². The standard InChI is InChI=1S/C23H29ClN4O/c1-17-21(18(2)28(25-17)15-19-7-3-4-8-22(19)24)9-10-23(29)27-14-11-20(16-27)26-12-5-6-13-26/h3-4,7-10,20H,5-6,11-16H2,1-2H3/b10-9+. The molecule has 3 heterocycles. The summed E-state index contributed by atoms with van der Waals surface area (Å²) in [6.45, 7) is 8.73. The van der Waals surface area contributed by atoms with Crippen LogP contribution in [0.4, 0.5) is 0 Å². The van der Waals surface area contributed by atoms with Crippen LogP contribution >= 0.6 is 11.6 Å². The van der Waals surface area contributed by atoms with Crippen molar-refractivity contribution in [1.82, 2.24) is 19.6 Å². The maximum absolute atomic E-state index is 12.7. The van der Waals surface area contributed by atoms with Gasteiger partial charge in [-0.25, -0.2) is 0 Å². The van der Waals surface area contributed by atoms with Gasteiger partial charge in [-0.05, 0) is 63.9 Å². The Balaban J connectivity index is 1.42. The molecule has 2 aliphatic rings. The first-order valence-corrected chi connectivity index (χ1v) is 10.9. The molecule has 4 rings (SSSR count). The zero-order chi connectivity index (χ0) is 20.4. The van der Waals surface area contributed by atoms with Gasteiger partial charge in [-0.1, -0.05) is 29.8 Å². The van der Waals surface area contributed by atoms with Crippen LogP contribution in [-0.4, -0.2) is 57.7 Å². The van der Waals surface area contributed by atoms with E-state index in [1.54, 1.807) is 6.08 Å². The van der Waals surface area contributed by atoms with E-state index in [0.717, 1.165) is 47.0 Å². The fourth-order valence-electron chi connectivity index (χ4n) is 4.50. The molecule has 0 spiro atoms. The van der Waals surface area contributed by atoms with Crippen molar-refractivity contribution in [2.24, 2.45) is 0 Å². The quantitative estimate of drug-likeness (QED) is 0.699. The number of benzene rings is 1. The fraction of sp³-hybridized carbons (Fsp3) is 0.478. The lowest BCUT2D eigenvalue weighted by molar-refractivity contribution is -0.125. The summed E-state index contributed by atoms with van der Waals surface area (Å²) in [6.07, 6.45) is 7.31. The van der Waals surface area contributed by atoms with Crippen LogP contribution in [0, 0.1) is 13.8 Å². The van der Waals surface area contributed by atoms with Gasteiger partial charge in [-0.3, -0.25) is 14.4 Å². The van der Waals surface area contributed by atoms with Gasteiger partial charge in [0.25, 0.3) is 0 Å². The van der Waals surface area contributed by atoms with E-state index < -0.39 is 0 Å². The van der Waals surface area contributed by atoms with Crippen molar-refractivity contribution in [3.8, 4) is 0 Å². The maximum atomic E-state index is 12.7. The Bertz CT molecular complexity index is 914. The fourth-order valence-corrected chi connectivity index (χ4v) is 4.70. The van der Waals surface area contributed by atoms with E-state index >= 15 is 0 Å². The Labute approximate surface area is 177 Å². The molecule has 1 amide bonds.